The van der Waals surface area contributed by atoms with Crippen molar-refractivity contribution in [1.29, 1.82) is 0 Å². The lowest BCUT2D eigenvalue weighted by atomic mass is 10.0. The van der Waals surface area contributed by atoms with Crippen LogP contribution in [0.4, 0.5) is 0 Å². The zero-order valence-corrected chi connectivity index (χ0v) is 14.3. The summed E-state index contributed by atoms with van der Waals surface area (Å²) in [7, 11) is 0. The van der Waals surface area contributed by atoms with Crippen molar-refractivity contribution < 1.29 is 9.59 Å². The van der Waals surface area contributed by atoms with Gasteiger partial charge in [0.1, 0.15) is 5.82 Å². The topological polar surface area (TPSA) is 86.9 Å². The molecule has 0 unspecified atom stereocenters. The molecule has 2 aromatic carbocycles. The third-order valence-corrected chi connectivity index (χ3v) is 4.63. The van der Waals surface area contributed by atoms with E-state index >= 15 is 0 Å². The van der Waals surface area contributed by atoms with Gasteiger partial charge in [-0.2, -0.15) is 0 Å². The van der Waals surface area contributed by atoms with E-state index in [0.717, 1.165) is 35.3 Å². The van der Waals surface area contributed by atoms with Gasteiger partial charge in [0.05, 0.1) is 23.5 Å². The molecule has 4 rings (SSSR count). The van der Waals surface area contributed by atoms with E-state index in [0.29, 0.717) is 12.1 Å². The van der Waals surface area contributed by atoms with Crippen molar-refractivity contribution in [2.45, 2.75) is 25.3 Å². The van der Waals surface area contributed by atoms with E-state index in [1.54, 1.807) is 6.07 Å². The molecular formula is C20H20N4O2. The zero-order valence-electron chi connectivity index (χ0n) is 14.3. The number of aryl methyl sites for hydroxylation is 1. The fourth-order valence-corrected chi connectivity index (χ4v) is 3.35. The number of fused-ring (bicyclic) bond motifs is 2. The Morgan fingerprint density at radius 1 is 1.12 bits per heavy atom. The van der Waals surface area contributed by atoms with Crippen LogP contribution in [0.1, 0.15) is 40.6 Å². The maximum Gasteiger partial charge on any atom is 0.252 e. The lowest BCUT2D eigenvalue weighted by molar-refractivity contribution is -0.121. The summed E-state index contributed by atoms with van der Waals surface area (Å²) in [5, 5.41) is 5.79. The third-order valence-electron chi connectivity index (χ3n) is 4.63. The predicted octanol–water partition coefficient (Wildman–Crippen LogP) is 2.49. The molecule has 2 heterocycles. The van der Waals surface area contributed by atoms with Gasteiger partial charge >= 0.3 is 0 Å². The van der Waals surface area contributed by atoms with Gasteiger partial charge in [0.15, 0.2) is 0 Å². The lowest BCUT2D eigenvalue weighted by Crippen LogP contribution is -2.29. The number of hydrogen-bond donors (Lipinski definition) is 3. The number of para-hydroxylation sites is 2. The minimum Gasteiger partial charge on any atom is -0.356 e. The highest BCUT2D eigenvalue weighted by atomic mass is 16.2. The first-order valence-corrected chi connectivity index (χ1v) is 8.81. The predicted molar refractivity (Wildman–Crippen MR) is 98.7 cm³/mol. The highest BCUT2D eigenvalue weighted by molar-refractivity contribution is 5.99. The first kappa shape index (κ1) is 16.3. The average molecular weight is 348 g/mol. The van der Waals surface area contributed by atoms with E-state index in [-0.39, 0.29) is 24.3 Å². The number of carbonyl (C=O) groups is 2. The standard InChI is InChI=1S/C20H20N4O2/c25-19(12-17-13-6-1-2-7-14(13)20(26)24-17)21-11-5-10-18-22-15-8-3-4-9-16(15)23-18/h1-4,6-9,17H,5,10-12H2,(H,21,25)(H,22,23)(H,24,26)/t17-/m1/s1. The van der Waals surface area contributed by atoms with E-state index in [4.69, 9.17) is 0 Å². The second-order valence-electron chi connectivity index (χ2n) is 6.47. The molecule has 0 bridgehead atoms. The number of H-pyrrole nitrogens is 1. The Morgan fingerprint density at radius 3 is 2.81 bits per heavy atom. The number of rotatable bonds is 6. The first-order chi connectivity index (χ1) is 12.7. The summed E-state index contributed by atoms with van der Waals surface area (Å²) in [6.45, 7) is 0.582. The molecule has 132 valence electrons. The number of aromatic amines is 1. The Morgan fingerprint density at radius 2 is 1.92 bits per heavy atom. The smallest absolute Gasteiger partial charge is 0.252 e. The van der Waals surface area contributed by atoms with Crippen molar-refractivity contribution in [3.8, 4) is 0 Å². The van der Waals surface area contributed by atoms with E-state index < -0.39 is 0 Å². The van der Waals surface area contributed by atoms with Crippen LogP contribution >= 0.6 is 0 Å². The number of amides is 2. The SMILES string of the molecule is O=C(C[C@H]1NC(=O)c2ccccc21)NCCCc1nc2ccccc2[nH]1. The van der Waals surface area contributed by atoms with Gasteiger partial charge in [-0.1, -0.05) is 30.3 Å². The summed E-state index contributed by atoms with van der Waals surface area (Å²) in [6.07, 6.45) is 1.84. The molecule has 2 amide bonds. The van der Waals surface area contributed by atoms with E-state index in [1.807, 2.05) is 42.5 Å². The molecule has 1 aliphatic rings. The van der Waals surface area contributed by atoms with Crippen LogP contribution in [0, 0.1) is 0 Å². The van der Waals surface area contributed by atoms with E-state index in [9.17, 15) is 9.59 Å². The minimum atomic E-state index is -0.242. The lowest BCUT2D eigenvalue weighted by Gasteiger charge is -2.11. The second-order valence-corrected chi connectivity index (χ2v) is 6.47. The van der Waals surface area contributed by atoms with E-state index in [2.05, 4.69) is 20.6 Å². The first-order valence-electron chi connectivity index (χ1n) is 8.81. The van der Waals surface area contributed by atoms with Crippen LogP contribution in [0.15, 0.2) is 48.5 Å². The van der Waals surface area contributed by atoms with Gasteiger partial charge in [-0.3, -0.25) is 9.59 Å². The molecule has 3 aromatic rings. The molecule has 1 atom stereocenters. The molecule has 3 N–H and O–H groups in total. The van der Waals surface area contributed by atoms with Crippen molar-refractivity contribution in [2.24, 2.45) is 0 Å². The number of benzene rings is 2. The number of carbonyl (C=O) groups excluding carboxylic acids is 2. The van der Waals surface area contributed by atoms with Crippen LogP contribution in [0.25, 0.3) is 11.0 Å². The van der Waals surface area contributed by atoms with Crippen LogP contribution in [-0.2, 0) is 11.2 Å². The van der Waals surface area contributed by atoms with Crippen LogP contribution < -0.4 is 10.6 Å². The van der Waals surface area contributed by atoms with Gasteiger partial charge in [-0.05, 0) is 30.2 Å². The summed E-state index contributed by atoms with van der Waals surface area (Å²) in [5.41, 5.74) is 3.55. The maximum atomic E-state index is 12.2. The second kappa shape index (κ2) is 7.00. The average Bonchev–Trinajstić information content (AvgIpc) is 3.20. The summed E-state index contributed by atoms with van der Waals surface area (Å²) in [5.74, 6) is 0.761. The third kappa shape index (κ3) is 3.31. The monoisotopic (exact) mass is 348 g/mol. The van der Waals surface area contributed by atoms with Gasteiger partial charge in [0, 0.05) is 18.5 Å². The highest BCUT2D eigenvalue weighted by Gasteiger charge is 2.29. The van der Waals surface area contributed by atoms with Gasteiger partial charge in [0.2, 0.25) is 5.91 Å². The summed E-state index contributed by atoms with van der Waals surface area (Å²) in [4.78, 5) is 31.9. The molecular weight excluding hydrogens is 328 g/mol. The van der Waals surface area contributed by atoms with Gasteiger partial charge in [-0.15, -0.1) is 0 Å². The molecule has 0 aliphatic carbocycles. The van der Waals surface area contributed by atoms with Gasteiger partial charge in [0.25, 0.3) is 5.91 Å². The Bertz CT molecular complexity index is 930. The molecule has 0 radical (unpaired) electrons. The largest absolute Gasteiger partial charge is 0.356 e. The molecule has 26 heavy (non-hydrogen) atoms. The Balaban J connectivity index is 1.25. The highest BCUT2D eigenvalue weighted by Crippen LogP contribution is 2.27. The number of aromatic nitrogens is 2. The molecule has 6 nitrogen and oxygen atoms in total. The molecule has 1 aromatic heterocycles. The molecule has 6 heteroatoms. The molecule has 1 aliphatic heterocycles. The fourth-order valence-electron chi connectivity index (χ4n) is 3.35. The van der Waals surface area contributed by atoms with Crippen LogP contribution in [0.3, 0.4) is 0 Å². The van der Waals surface area contributed by atoms with Gasteiger partial charge in [-0.25, -0.2) is 4.98 Å². The number of nitrogens with one attached hydrogen (secondary N) is 3. The van der Waals surface area contributed by atoms with Crippen molar-refractivity contribution in [3.05, 3.63) is 65.5 Å². The number of imidazole rings is 1. The normalized spacial score (nSPS) is 15.7. The Kier molecular flexibility index (Phi) is 4.39. The van der Waals surface area contributed by atoms with Crippen LogP contribution in [-0.4, -0.2) is 28.3 Å². The Labute approximate surface area is 151 Å². The molecule has 0 fully saturated rings. The number of hydrogen-bond acceptors (Lipinski definition) is 3. The van der Waals surface area contributed by atoms with E-state index in [1.165, 1.54) is 0 Å². The van der Waals surface area contributed by atoms with Crippen molar-refractivity contribution in [3.63, 3.8) is 0 Å². The quantitative estimate of drug-likeness (QED) is 0.598. The van der Waals surface area contributed by atoms with Crippen molar-refractivity contribution in [1.82, 2.24) is 20.6 Å². The number of nitrogens with zero attached hydrogens (tertiary/aromatic N) is 1. The maximum absolute atomic E-state index is 12.2. The summed E-state index contributed by atoms with van der Waals surface area (Å²) >= 11 is 0. The van der Waals surface area contributed by atoms with Crippen molar-refractivity contribution >= 4 is 22.8 Å². The Hall–Kier alpha value is -3.15. The summed E-state index contributed by atoms with van der Waals surface area (Å²) < 4.78 is 0. The van der Waals surface area contributed by atoms with Gasteiger partial charge < -0.3 is 15.6 Å². The van der Waals surface area contributed by atoms with Crippen LogP contribution in [0.2, 0.25) is 0 Å². The summed E-state index contributed by atoms with van der Waals surface area (Å²) in [6, 6.07) is 15.1. The molecule has 0 spiro atoms. The zero-order chi connectivity index (χ0) is 17.9. The van der Waals surface area contributed by atoms with Crippen LogP contribution in [0.5, 0.6) is 0 Å². The molecule has 0 saturated carbocycles. The molecule has 0 saturated heterocycles. The van der Waals surface area contributed by atoms with Crippen molar-refractivity contribution in [2.75, 3.05) is 6.54 Å². The minimum absolute atomic E-state index is 0.0587. The fraction of sp³-hybridized carbons (Fsp3) is 0.250.